The van der Waals surface area contributed by atoms with E-state index in [9.17, 15) is 4.79 Å². The second kappa shape index (κ2) is 3.08. The van der Waals surface area contributed by atoms with Crippen LogP contribution in [0.25, 0.3) is 0 Å². The van der Waals surface area contributed by atoms with Crippen LogP contribution in [0, 0.1) is 0 Å². The molecule has 0 bridgehead atoms. The average molecular weight is 193 g/mol. The highest BCUT2D eigenvalue weighted by Gasteiger charge is 2.43. The minimum absolute atomic E-state index is 0.177. The van der Waals surface area contributed by atoms with Gasteiger partial charge in [-0.2, -0.15) is 0 Å². The highest BCUT2D eigenvalue weighted by molar-refractivity contribution is 5.99. The van der Waals surface area contributed by atoms with Crippen molar-refractivity contribution in [3.05, 3.63) is 35.4 Å². The van der Waals surface area contributed by atoms with Crippen molar-refractivity contribution in [3.8, 4) is 0 Å². The molecule has 0 atom stereocenters. The van der Waals surface area contributed by atoms with Crippen LogP contribution >= 0.6 is 0 Å². The standard InChI is InChI=1S/C10H11NO3/c1-13-10(14-2)8-6-4-3-5-7(8)9(12)11-10/h3-6H,1-2H3,(H,11,12). The monoisotopic (exact) mass is 193 g/mol. The van der Waals surface area contributed by atoms with Gasteiger partial charge in [-0.15, -0.1) is 0 Å². The number of nitrogens with one attached hydrogen (secondary N) is 1. The molecule has 1 aromatic rings. The van der Waals surface area contributed by atoms with Crippen molar-refractivity contribution in [2.45, 2.75) is 5.91 Å². The maximum Gasteiger partial charge on any atom is 0.280 e. The molecule has 4 nitrogen and oxygen atoms in total. The minimum Gasteiger partial charge on any atom is -0.332 e. The van der Waals surface area contributed by atoms with Crippen LogP contribution in [0.2, 0.25) is 0 Å². The number of ether oxygens (including phenoxy) is 2. The molecule has 74 valence electrons. The summed E-state index contributed by atoms with van der Waals surface area (Å²) in [6.07, 6.45) is 0. The van der Waals surface area contributed by atoms with Crippen LogP contribution in [0.5, 0.6) is 0 Å². The lowest BCUT2D eigenvalue weighted by molar-refractivity contribution is -0.225. The third kappa shape index (κ3) is 1.05. The molecular formula is C10H11NO3. The molecule has 4 heteroatoms. The topological polar surface area (TPSA) is 47.6 Å². The van der Waals surface area contributed by atoms with E-state index in [2.05, 4.69) is 5.32 Å². The number of benzene rings is 1. The molecule has 0 radical (unpaired) electrons. The molecule has 1 aromatic carbocycles. The number of fused-ring (bicyclic) bond motifs is 1. The first-order valence-electron chi connectivity index (χ1n) is 4.26. The van der Waals surface area contributed by atoms with Gasteiger partial charge in [-0.1, -0.05) is 18.2 Å². The lowest BCUT2D eigenvalue weighted by atomic mass is 10.1. The Balaban J connectivity index is 2.58. The number of carbonyl (C=O) groups is 1. The summed E-state index contributed by atoms with van der Waals surface area (Å²) in [6.45, 7) is 0. The van der Waals surface area contributed by atoms with E-state index >= 15 is 0 Å². The fourth-order valence-corrected chi connectivity index (χ4v) is 1.66. The van der Waals surface area contributed by atoms with E-state index in [1.54, 1.807) is 18.2 Å². The molecule has 1 aliphatic heterocycles. The molecule has 0 saturated carbocycles. The second-order valence-electron chi connectivity index (χ2n) is 3.02. The average Bonchev–Trinajstić information content (AvgIpc) is 2.53. The zero-order chi connectivity index (χ0) is 10.2. The van der Waals surface area contributed by atoms with Crippen LogP contribution < -0.4 is 5.32 Å². The Kier molecular flexibility index (Phi) is 2.02. The molecule has 0 unspecified atom stereocenters. The Bertz CT molecular complexity index is 371. The SMILES string of the molecule is COC1(OC)NC(=O)c2ccccc21. The third-order valence-electron chi connectivity index (χ3n) is 2.38. The van der Waals surface area contributed by atoms with Gasteiger partial charge in [0.2, 0.25) is 0 Å². The van der Waals surface area contributed by atoms with Crippen molar-refractivity contribution in [3.63, 3.8) is 0 Å². The zero-order valence-corrected chi connectivity index (χ0v) is 8.03. The van der Waals surface area contributed by atoms with Crippen molar-refractivity contribution in [2.75, 3.05) is 14.2 Å². The Morgan fingerprint density at radius 1 is 1.21 bits per heavy atom. The quantitative estimate of drug-likeness (QED) is 0.708. The first-order chi connectivity index (χ1) is 6.73. The zero-order valence-electron chi connectivity index (χ0n) is 8.03. The fourth-order valence-electron chi connectivity index (χ4n) is 1.66. The Hall–Kier alpha value is -1.39. The van der Waals surface area contributed by atoms with Gasteiger partial charge < -0.3 is 9.47 Å². The highest BCUT2D eigenvalue weighted by atomic mass is 16.7. The second-order valence-corrected chi connectivity index (χ2v) is 3.02. The van der Waals surface area contributed by atoms with Crippen molar-refractivity contribution < 1.29 is 14.3 Å². The summed E-state index contributed by atoms with van der Waals surface area (Å²) in [6, 6.07) is 7.19. The number of carbonyl (C=O) groups excluding carboxylic acids is 1. The maximum absolute atomic E-state index is 11.5. The van der Waals surface area contributed by atoms with Gasteiger partial charge in [0.15, 0.2) is 0 Å². The maximum atomic E-state index is 11.5. The molecular weight excluding hydrogens is 182 g/mol. The van der Waals surface area contributed by atoms with Crippen LogP contribution in [0.4, 0.5) is 0 Å². The normalized spacial score (nSPS) is 17.7. The predicted molar refractivity (Wildman–Crippen MR) is 49.6 cm³/mol. The molecule has 0 saturated heterocycles. The van der Waals surface area contributed by atoms with E-state index < -0.39 is 5.91 Å². The van der Waals surface area contributed by atoms with Gasteiger partial charge in [0, 0.05) is 19.8 Å². The molecule has 0 aliphatic carbocycles. The first kappa shape index (κ1) is 9.18. The summed E-state index contributed by atoms with van der Waals surface area (Å²) >= 11 is 0. The van der Waals surface area contributed by atoms with Crippen LogP contribution in [0.1, 0.15) is 15.9 Å². The van der Waals surface area contributed by atoms with E-state index in [0.717, 1.165) is 5.56 Å². The van der Waals surface area contributed by atoms with E-state index in [4.69, 9.17) is 9.47 Å². The number of hydrogen-bond donors (Lipinski definition) is 1. The number of rotatable bonds is 2. The van der Waals surface area contributed by atoms with Crippen molar-refractivity contribution in [1.29, 1.82) is 0 Å². The Morgan fingerprint density at radius 2 is 1.86 bits per heavy atom. The summed E-state index contributed by atoms with van der Waals surface area (Å²) in [5.41, 5.74) is 1.31. The van der Waals surface area contributed by atoms with Crippen LogP contribution in [0.3, 0.4) is 0 Å². The van der Waals surface area contributed by atoms with Gasteiger partial charge in [0.1, 0.15) is 0 Å². The molecule has 0 spiro atoms. The smallest absolute Gasteiger partial charge is 0.280 e. The number of methoxy groups -OCH3 is 2. The molecule has 1 amide bonds. The lowest BCUT2D eigenvalue weighted by Gasteiger charge is -2.26. The fraction of sp³-hybridized carbons (Fsp3) is 0.300. The van der Waals surface area contributed by atoms with Gasteiger partial charge >= 0.3 is 0 Å². The lowest BCUT2D eigenvalue weighted by Crippen LogP contribution is -2.42. The van der Waals surface area contributed by atoms with Crippen LogP contribution in [-0.2, 0) is 15.4 Å². The summed E-state index contributed by atoms with van der Waals surface area (Å²) in [4.78, 5) is 11.5. The largest absolute Gasteiger partial charge is 0.332 e. The summed E-state index contributed by atoms with van der Waals surface area (Å²) < 4.78 is 10.4. The van der Waals surface area contributed by atoms with Gasteiger partial charge in [0.05, 0.1) is 5.56 Å². The van der Waals surface area contributed by atoms with E-state index in [0.29, 0.717) is 5.56 Å². The Labute approximate surface area is 81.8 Å². The first-order valence-corrected chi connectivity index (χ1v) is 4.26. The third-order valence-corrected chi connectivity index (χ3v) is 2.38. The minimum atomic E-state index is -1.12. The highest BCUT2D eigenvalue weighted by Crippen LogP contribution is 2.31. The number of amides is 1. The van der Waals surface area contributed by atoms with Gasteiger partial charge in [0.25, 0.3) is 11.8 Å². The van der Waals surface area contributed by atoms with E-state index in [1.165, 1.54) is 14.2 Å². The molecule has 1 aliphatic rings. The summed E-state index contributed by atoms with van der Waals surface area (Å²) in [5.74, 6) is -1.29. The molecule has 1 N–H and O–H groups in total. The van der Waals surface area contributed by atoms with Crippen molar-refractivity contribution >= 4 is 5.91 Å². The van der Waals surface area contributed by atoms with E-state index in [-0.39, 0.29) is 5.91 Å². The molecule has 0 fully saturated rings. The van der Waals surface area contributed by atoms with Gasteiger partial charge in [-0.3, -0.25) is 10.1 Å². The summed E-state index contributed by atoms with van der Waals surface area (Å²) in [5, 5.41) is 2.65. The van der Waals surface area contributed by atoms with Crippen LogP contribution in [0.15, 0.2) is 24.3 Å². The summed E-state index contributed by atoms with van der Waals surface area (Å²) in [7, 11) is 2.98. The van der Waals surface area contributed by atoms with Crippen LogP contribution in [-0.4, -0.2) is 20.1 Å². The molecule has 2 rings (SSSR count). The molecule has 1 heterocycles. The van der Waals surface area contributed by atoms with Crippen molar-refractivity contribution in [2.24, 2.45) is 0 Å². The van der Waals surface area contributed by atoms with Gasteiger partial charge in [-0.05, 0) is 6.07 Å². The van der Waals surface area contributed by atoms with Gasteiger partial charge in [-0.25, -0.2) is 0 Å². The Morgan fingerprint density at radius 3 is 2.50 bits per heavy atom. The predicted octanol–water partition coefficient (Wildman–Crippen LogP) is 0.833. The van der Waals surface area contributed by atoms with E-state index in [1.807, 2.05) is 6.07 Å². The molecule has 0 aromatic heterocycles. The van der Waals surface area contributed by atoms with Crippen molar-refractivity contribution in [1.82, 2.24) is 5.32 Å². The molecule has 14 heavy (non-hydrogen) atoms. The number of hydrogen-bond acceptors (Lipinski definition) is 3.